The molecule has 0 amide bonds. The van der Waals surface area contributed by atoms with Gasteiger partial charge in [0.25, 0.3) is 0 Å². The fourth-order valence-electron chi connectivity index (χ4n) is 0.861. The van der Waals surface area contributed by atoms with Crippen LogP contribution in [-0.4, -0.2) is 0 Å². The predicted octanol–water partition coefficient (Wildman–Crippen LogP) is 3.45. The van der Waals surface area contributed by atoms with Gasteiger partial charge in [-0.3, -0.25) is 0 Å². The van der Waals surface area contributed by atoms with Crippen molar-refractivity contribution in [2.75, 3.05) is 0 Å². The van der Waals surface area contributed by atoms with E-state index in [0.717, 1.165) is 0 Å². The van der Waals surface area contributed by atoms with Crippen molar-refractivity contribution in [3.63, 3.8) is 0 Å². The summed E-state index contributed by atoms with van der Waals surface area (Å²) in [6.07, 6.45) is 13.3. The second-order valence-corrected chi connectivity index (χ2v) is 2.90. The lowest BCUT2D eigenvalue weighted by Gasteiger charge is -1.84. The van der Waals surface area contributed by atoms with Crippen LogP contribution in [0.4, 0.5) is 0 Å². The van der Waals surface area contributed by atoms with E-state index in [9.17, 15) is 0 Å². The van der Waals surface area contributed by atoms with E-state index >= 15 is 0 Å². The van der Waals surface area contributed by atoms with Gasteiger partial charge in [-0.15, -0.1) is 0 Å². The molecule has 0 spiro atoms. The van der Waals surface area contributed by atoms with Crippen LogP contribution in [0.1, 0.15) is 39.0 Å². The summed E-state index contributed by atoms with van der Waals surface area (Å²) in [4.78, 5) is 0. The molecule has 1 saturated carbocycles. The zero-order chi connectivity index (χ0) is 7.23. The first kappa shape index (κ1) is 7.59. The number of hydrogen-bond acceptors (Lipinski definition) is 0. The first-order valence-electron chi connectivity index (χ1n) is 4.28. The third-order valence-electron chi connectivity index (χ3n) is 1.73. The Hall–Kier alpha value is -0.520. The van der Waals surface area contributed by atoms with Gasteiger partial charge in [0.1, 0.15) is 0 Å². The second kappa shape index (κ2) is 4.32. The third-order valence-corrected chi connectivity index (χ3v) is 1.73. The SMILES string of the molecule is CCCCC=CC=C1CC1. The second-order valence-electron chi connectivity index (χ2n) is 2.90. The van der Waals surface area contributed by atoms with Gasteiger partial charge in [0, 0.05) is 0 Å². The molecule has 0 aromatic rings. The first-order valence-corrected chi connectivity index (χ1v) is 4.28. The van der Waals surface area contributed by atoms with Crippen LogP contribution in [0, 0.1) is 0 Å². The van der Waals surface area contributed by atoms with Crippen LogP contribution in [0.25, 0.3) is 0 Å². The highest BCUT2D eigenvalue weighted by molar-refractivity contribution is 5.22. The Labute approximate surface area is 63.6 Å². The van der Waals surface area contributed by atoms with Crippen LogP contribution in [0.15, 0.2) is 23.8 Å². The van der Waals surface area contributed by atoms with Gasteiger partial charge in [0.05, 0.1) is 0 Å². The van der Waals surface area contributed by atoms with Crippen LogP contribution >= 0.6 is 0 Å². The molecule has 0 nitrogen and oxygen atoms in total. The minimum Gasteiger partial charge on any atom is -0.0845 e. The molecule has 0 aromatic heterocycles. The molecule has 0 N–H and O–H groups in total. The van der Waals surface area contributed by atoms with Crippen LogP contribution in [0.5, 0.6) is 0 Å². The van der Waals surface area contributed by atoms with Gasteiger partial charge in [-0.25, -0.2) is 0 Å². The van der Waals surface area contributed by atoms with Gasteiger partial charge >= 0.3 is 0 Å². The molecular weight excluding hydrogens is 120 g/mol. The standard InChI is InChI=1S/C10H16/c1-2-3-4-5-6-7-10-8-9-10/h5-7H,2-4,8-9H2,1H3. The van der Waals surface area contributed by atoms with E-state index < -0.39 is 0 Å². The van der Waals surface area contributed by atoms with Gasteiger partial charge < -0.3 is 0 Å². The molecule has 56 valence electrons. The molecule has 0 bridgehead atoms. The Morgan fingerprint density at radius 2 is 2.20 bits per heavy atom. The molecular formula is C10H16. The van der Waals surface area contributed by atoms with Crippen molar-refractivity contribution in [2.24, 2.45) is 0 Å². The highest BCUT2D eigenvalue weighted by Crippen LogP contribution is 2.27. The summed E-state index contributed by atoms with van der Waals surface area (Å²) in [5, 5.41) is 0. The van der Waals surface area contributed by atoms with E-state index in [1.807, 2.05) is 0 Å². The molecule has 1 aliphatic carbocycles. The molecule has 0 aromatic carbocycles. The highest BCUT2D eigenvalue weighted by atomic mass is 14.1. The lowest BCUT2D eigenvalue weighted by molar-refractivity contribution is 0.815. The van der Waals surface area contributed by atoms with Crippen molar-refractivity contribution in [1.29, 1.82) is 0 Å². The van der Waals surface area contributed by atoms with Crippen LogP contribution < -0.4 is 0 Å². The van der Waals surface area contributed by atoms with E-state index in [-0.39, 0.29) is 0 Å². The van der Waals surface area contributed by atoms with E-state index in [1.54, 1.807) is 5.57 Å². The minimum atomic E-state index is 1.25. The summed E-state index contributed by atoms with van der Waals surface area (Å²) < 4.78 is 0. The molecule has 0 atom stereocenters. The van der Waals surface area contributed by atoms with Gasteiger partial charge in [0.15, 0.2) is 0 Å². The van der Waals surface area contributed by atoms with Gasteiger partial charge in [-0.05, 0) is 19.3 Å². The lowest BCUT2D eigenvalue weighted by atomic mass is 10.2. The Bertz CT molecular complexity index is 134. The summed E-state index contributed by atoms with van der Waals surface area (Å²) in [7, 11) is 0. The van der Waals surface area contributed by atoms with Crippen molar-refractivity contribution < 1.29 is 0 Å². The average molecular weight is 136 g/mol. The quantitative estimate of drug-likeness (QED) is 0.519. The lowest BCUT2D eigenvalue weighted by Crippen LogP contribution is -1.64. The van der Waals surface area contributed by atoms with Crippen molar-refractivity contribution in [1.82, 2.24) is 0 Å². The molecule has 0 heteroatoms. The summed E-state index contributed by atoms with van der Waals surface area (Å²) in [6.45, 7) is 2.23. The Morgan fingerprint density at radius 3 is 2.80 bits per heavy atom. The van der Waals surface area contributed by atoms with Crippen LogP contribution in [0.2, 0.25) is 0 Å². The topological polar surface area (TPSA) is 0 Å². The van der Waals surface area contributed by atoms with Crippen LogP contribution in [0.3, 0.4) is 0 Å². The monoisotopic (exact) mass is 136 g/mol. The van der Waals surface area contributed by atoms with Gasteiger partial charge in [-0.2, -0.15) is 0 Å². The zero-order valence-electron chi connectivity index (χ0n) is 6.77. The Kier molecular flexibility index (Phi) is 3.28. The summed E-state index contributed by atoms with van der Waals surface area (Å²) >= 11 is 0. The first-order chi connectivity index (χ1) is 4.93. The smallest absolute Gasteiger partial charge is 0.0280 e. The molecule has 0 saturated heterocycles. The molecule has 0 aliphatic heterocycles. The van der Waals surface area contributed by atoms with Crippen molar-refractivity contribution in [2.45, 2.75) is 39.0 Å². The molecule has 1 rings (SSSR count). The maximum absolute atomic E-state index is 2.27. The van der Waals surface area contributed by atoms with E-state index in [2.05, 4.69) is 25.2 Å². The number of rotatable bonds is 4. The fourth-order valence-corrected chi connectivity index (χ4v) is 0.861. The Morgan fingerprint density at radius 1 is 1.40 bits per heavy atom. The molecule has 0 heterocycles. The number of unbranched alkanes of at least 4 members (excludes halogenated alkanes) is 2. The van der Waals surface area contributed by atoms with E-state index in [1.165, 1.54) is 32.1 Å². The average Bonchev–Trinajstić information content (AvgIpc) is 2.71. The molecule has 0 radical (unpaired) electrons. The maximum Gasteiger partial charge on any atom is -0.0280 e. The number of allylic oxidation sites excluding steroid dienone is 4. The van der Waals surface area contributed by atoms with Crippen molar-refractivity contribution >= 4 is 0 Å². The van der Waals surface area contributed by atoms with Crippen molar-refractivity contribution in [3.05, 3.63) is 23.8 Å². The molecule has 1 fully saturated rings. The normalized spacial score (nSPS) is 16.3. The van der Waals surface area contributed by atoms with E-state index in [4.69, 9.17) is 0 Å². The molecule has 10 heavy (non-hydrogen) atoms. The van der Waals surface area contributed by atoms with Crippen molar-refractivity contribution in [3.8, 4) is 0 Å². The largest absolute Gasteiger partial charge is 0.0845 e. The fraction of sp³-hybridized carbons (Fsp3) is 0.600. The maximum atomic E-state index is 2.27. The number of hydrogen-bond donors (Lipinski definition) is 0. The summed E-state index contributed by atoms with van der Waals surface area (Å²) in [5.74, 6) is 0. The van der Waals surface area contributed by atoms with Crippen LogP contribution in [-0.2, 0) is 0 Å². The van der Waals surface area contributed by atoms with Gasteiger partial charge in [-0.1, -0.05) is 43.6 Å². The molecule has 1 aliphatic rings. The Balaban J connectivity index is 1.99. The summed E-state index contributed by atoms with van der Waals surface area (Å²) in [5.41, 5.74) is 1.62. The van der Waals surface area contributed by atoms with E-state index in [0.29, 0.717) is 0 Å². The molecule has 0 unspecified atom stereocenters. The predicted molar refractivity (Wildman–Crippen MR) is 46.0 cm³/mol. The highest BCUT2D eigenvalue weighted by Gasteiger charge is 2.07. The minimum absolute atomic E-state index is 1.25. The van der Waals surface area contributed by atoms with Gasteiger partial charge in [0.2, 0.25) is 0 Å². The third kappa shape index (κ3) is 3.49. The summed E-state index contributed by atoms with van der Waals surface area (Å²) in [6, 6.07) is 0. The zero-order valence-corrected chi connectivity index (χ0v) is 6.77.